The summed E-state index contributed by atoms with van der Waals surface area (Å²) < 4.78 is 1.80. The van der Waals surface area contributed by atoms with Gasteiger partial charge in [-0.05, 0) is 30.7 Å². The van der Waals surface area contributed by atoms with E-state index in [1.807, 2.05) is 44.3 Å². The fourth-order valence-corrected chi connectivity index (χ4v) is 3.63. The standard InChI is InChI=1S/C21H22ClN5O2S/c1-14-7-3-5-9-16(14)23-20(29)13-30-21-26-25-18(27(21)2)11-12-19(28)24-17-10-6-4-8-15(17)22/h3-10H,11-13H2,1-2H3,(H,23,29)(H,24,28). The zero-order valence-electron chi connectivity index (χ0n) is 16.7. The van der Waals surface area contributed by atoms with E-state index in [4.69, 9.17) is 11.6 Å². The van der Waals surface area contributed by atoms with Gasteiger partial charge in [0.15, 0.2) is 5.16 Å². The molecule has 7 nitrogen and oxygen atoms in total. The molecule has 0 fully saturated rings. The number of hydrogen-bond acceptors (Lipinski definition) is 5. The number of amides is 2. The van der Waals surface area contributed by atoms with Crippen molar-refractivity contribution in [2.24, 2.45) is 7.05 Å². The van der Waals surface area contributed by atoms with Gasteiger partial charge in [-0.25, -0.2) is 0 Å². The van der Waals surface area contributed by atoms with Gasteiger partial charge in [0.2, 0.25) is 11.8 Å². The Kier molecular flexibility index (Phi) is 7.48. The lowest BCUT2D eigenvalue weighted by Gasteiger charge is -2.08. The van der Waals surface area contributed by atoms with Crippen molar-refractivity contribution in [2.75, 3.05) is 16.4 Å². The van der Waals surface area contributed by atoms with Gasteiger partial charge in [-0.3, -0.25) is 9.59 Å². The van der Waals surface area contributed by atoms with Crippen LogP contribution in [-0.2, 0) is 23.1 Å². The van der Waals surface area contributed by atoms with Gasteiger partial charge in [-0.2, -0.15) is 0 Å². The van der Waals surface area contributed by atoms with Gasteiger partial charge in [0.1, 0.15) is 5.82 Å². The van der Waals surface area contributed by atoms with Crippen molar-refractivity contribution in [3.63, 3.8) is 0 Å². The second-order valence-electron chi connectivity index (χ2n) is 6.64. The van der Waals surface area contributed by atoms with Gasteiger partial charge < -0.3 is 15.2 Å². The van der Waals surface area contributed by atoms with Crippen molar-refractivity contribution < 1.29 is 9.59 Å². The van der Waals surface area contributed by atoms with Crippen LogP contribution in [0.15, 0.2) is 53.7 Å². The number of thioether (sulfide) groups is 1. The average Bonchev–Trinajstić information content (AvgIpc) is 3.08. The molecule has 2 aromatic carbocycles. The lowest BCUT2D eigenvalue weighted by Crippen LogP contribution is -2.15. The van der Waals surface area contributed by atoms with Crippen LogP contribution in [0.1, 0.15) is 17.8 Å². The molecule has 156 valence electrons. The molecule has 0 saturated heterocycles. The normalized spacial score (nSPS) is 10.6. The molecule has 3 aromatic rings. The van der Waals surface area contributed by atoms with Gasteiger partial charge in [-0.1, -0.05) is 53.7 Å². The molecule has 0 atom stereocenters. The maximum absolute atomic E-state index is 12.2. The summed E-state index contributed by atoms with van der Waals surface area (Å²) in [6, 6.07) is 14.7. The third-order valence-electron chi connectivity index (χ3n) is 4.40. The van der Waals surface area contributed by atoms with Crippen LogP contribution in [0.2, 0.25) is 5.02 Å². The minimum Gasteiger partial charge on any atom is -0.325 e. The van der Waals surface area contributed by atoms with Crippen LogP contribution >= 0.6 is 23.4 Å². The first-order valence-electron chi connectivity index (χ1n) is 9.35. The van der Waals surface area contributed by atoms with E-state index in [2.05, 4.69) is 20.8 Å². The lowest BCUT2D eigenvalue weighted by molar-refractivity contribution is -0.116. The van der Waals surface area contributed by atoms with E-state index >= 15 is 0 Å². The van der Waals surface area contributed by atoms with E-state index in [1.165, 1.54) is 11.8 Å². The molecule has 0 aliphatic carbocycles. The first-order chi connectivity index (χ1) is 14.4. The van der Waals surface area contributed by atoms with Gasteiger partial charge >= 0.3 is 0 Å². The molecule has 2 N–H and O–H groups in total. The molecule has 0 radical (unpaired) electrons. The Labute approximate surface area is 184 Å². The van der Waals surface area contributed by atoms with Crippen molar-refractivity contribution in [1.82, 2.24) is 14.8 Å². The van der Waals surface area contributed by atoms with Crippen LogP contribution in [0.3, 0.4) is 0 Å². The molecule has 1 aromatic heterocycles. The summed E-state index contributed by atoms with van der Waals surface area (Å²) in [5.41, 5.74) is 2.39. The van der Waals surface area contributed by atoms with Crippen molar-refractivity contribution >= 4 is 46.6 Å². The van der Waals surface area contributed by atoms with Gasteiger partial charge in [0.05, 0.1) is 16.5 Å². The average molecular weight is 444 g/mol. The molecule has 9 heteroatoms. The quantitative estimate of drug-likeness (QED) is 0.512. The number of halogens is 1. The number of rotatable bonds is 8. The summed E-state index contributed by atoms with van der Waals surface area (Å²) in [6.07, 6.45) is 0.672. The van der Waals surface area contributed by atoms with Crippen LogP contribution in [-0.4, -0.2) is 32.3 Å². The van der Waals surface area contributed by atoms with Crippen LogP contribution in [0.5, 0.6) is 0 Å². The molecule has 0 bridgehead atoms. The molecule has 2 amide bonds. The lowest BCUT2D eigenvalue weighted by atomic mass is 10.2. The maximum atomic E-state index is 12.2. The molecule has 0 saturated carbocycles. The molecule has 3 rings (SSSR count). The van der Waals surface area contributed by atoms with E-state index in [-0.39, 0.29) is 24.0 Å². The van der Waals surface area contributed by atoms with E-state index in [1.54, 1.807) is 22.8 Å². The number of carbonyl (C=O) groups is 2. The largest absolute Gasteiger partial charge is 0.325 e. The van der Waals surface area contributed by atoms with Crippen LogP contribution < -0.4 is 10.6 Å². The highest BCUT2D eigenvalue weighted by Gasteiger charge is 2.14. The van der Waals surface area contributed by atoms with Crippen LogP contribution in [0.4, 0.5) is 11.4 Å². The smallest absolute Gasteiger partial charge is 0.234 e. The first-order valence-corrected chi connectivity index (χ1v) is 10.7. The minimum atomic E-state index is -0.155. The highest BCUT2D eigenvalue weighted by molar-refractivity contribution is 7.99. The van der Waals surface area contributed by atoms with E-state index < -0.39 is 0 Å². The highest BCUT2D eigenvalue weighted by Crippen LogP contribution is 2.21. The van der Waals surface area contributed by atoms with Gasteiger partial charge in [0.25, 0.3) is 0 Å². The molecule has 1 heterocycles. The van der Waals surface area contributed by atoms with E-state index in [0.29, 0.717) is 28.1 Å². The van der Waals surface area contributed by atoms with Crippen molar-refractivity contribution in [3.05, 3.63) is 64.9 Å². The summed E-state index contributed by atoms with van der Waals surface area (Å²) in [4.78, 5) is 24.4. The van der Waals surface area contributed by atoms with Crippen LogP contribution in [0, 0.1) is 6.92 Å². The predicted molar refractivity (Wildman–Crippen MR) is 120 cm³/mol. The summed E-state index contributed by atoms with van der Waals surface area (Å²) in [6.45, 7) is 1.94. The number of hydrogen-bond donors (Lipinski definition) is 2. The zero-order chi connectivity index (χ0) is 21.5. The topological polar surface area (TPSA) is 88.9 Å². The second-order valence-corrected chi connectivity index (χ2v) is 7.99. The summed E-state index contributed by atoms with van der Waals surface area (Å²) in [7, 11) is 1.82. The molecule has 30 heavy (non-hydrogen) atoms. The fourth-order valence-electron chi connectivity index (χ4n) is 2.72. The Morgan fingerprint density at radius 3 is 2.40 bits per heavy atom. The third kappa shape index (κ3) is 5.84. The molecule has 0 unspecified atom stereocenters. The SMILES string of the molecule is Cc1ccccc1NC(=O)CSc1nnc(CCC(=O)Nc2ccccc2Cl)n1C. The number of para-hydroxylation sites is 2. The molecule has 0 aliphatic heterocycles. The van der Waals surface area contributed by atoms with Gasteiger partial charge in [-0.15, -0.1) is 10.2 Å². The van der Waals surface area contributed by atoms with Gasteiger partial charge in [0, 0.05) is 25.6 Å². The van der Waals surface area contributed by atoms with Crippen molar-refractivity contribution in [3.8, 4) is 0 Å². The molecule has 0 aliphatic rings. The molecular weight excluding hydrogens is 422 g/mol. The Morgan fingerprint density at radius 2 is 1.67 bits per heavy atom. The number of benzene rings is 2. The monoisotopic (exact) mass is 443 g/mol. The Hall–Kier alpha value is -2.84. The summed E-state index contributed by atoms with van der Waals surface area (Å²) in [5.74, 6) is 0.620. The number of aryl methyl sites for hydroxylation is 2. The number of aromatic nitrogens is 3. The number of nitrogens with one attached hydrogen (secondary N) is 2. The van der Waals surface area contributed by atoms with Crippen molar-refractivity contribution in [2.45, 2.75) is 24.9 Å². The summed E-state index contributed by atoms with van der Waals surface area (Å²) in [5, 5.41) is 15.1. The minimum absolute atomic E-state index is 0.113. The predicted octanol–water partition coefficient (Wildman–Crippen LogP) is 4.08. The number of nitrogens with zero attached hydrogens (tertiary/aromatic N) is 3. The zero-order valence-corrected chi connectivity index (χ0v) is 18.3. The maximum Gasteiger partial charge on any atom is 0.234 e. The molecular formula is C21H22ClN5O2S. The first kappa shape index (κ1) is 21.9. The van der Waals surface area contributed by atoms with Crippen LogP contribution in [0.25, 0.3) is 0 Å². The van der Waals surface area contributed by atoms with E-state index in [0.717, 1.165) is 11.3 Å². The molecule has 0 spiro atoms. The highest BCUT2D eigenvalue weighted by atomic mass is 35.5. The Morgan fingerprint density at radius 1 is 1.00 bits per heavy atom. The fraction of sp³-hybridized carbons (Fsp3) is 0.238. The Bertz CT molecular complexity index is 972. The van der Waals surface area contributed by atoms with Crippen molar-refractivity contribution in [1.29, 1.82) is 0 Å². The third-order valence-corrected chi connectivity index (χ3v) is 5.75. The van der Waals surface area contributed by atoms with E-state index in [9.17, 15) is 9.59 Å². The summed E-state index contributed by atoms with van der Waals surface area (Å²) >= 11 is 7.36. The second kappa shape index (κ2) is 10.3. The number of carbonyl (C=O) groups excluding carboxylic acids is 2. The Balaban J connectivity index is 1.49. The number of anilines is 2.